The summed E-state index contributed by atoms with van der Waals surface area (Å²) in [6.07, 6.45) is 2.16. The van der Waals surface area contributed by atoms with Crippen LogP contribution < -0.4 is 30.9 Å². The summed E-state index contributed by atoms with van der Waals surface area (Å²) in [7, 11) is 1.32. The fourth-order valence-corrected chi connectivity index (χ4v) is 8.62. The second-order valence-electron chi connectivity index (χ2n) is 13.2. The Morgan fingerprint density at radius 1 is 1.02 bits per heavy atom. The van der Waals surface area contributed by atoms with Gasteiger partial charge in [-0.3, -0.25) is 24.6 Å². The molecule has 2 saturated heterocycles. The molecule has 4 aromatic rings. The molecular formula is C37H39BrClN8O4P. The van der Waals surface area contributed by atoms with Crippen molar-refractivity contribution in [2.75, 3.05) is 62.2 Å². The maximum Gasteiger partial charge on any atom is 0.255 e. The molecule has 1 atom stereocenters. The number of fused-ring (bicyclic) bond motifs is 1. The van der Waals surface area contributed by atoms with Gasteiger partial charge in [-0.1, -0.05) is 59.7 Å². The summed E-state index contributed by atoms with van der Waals surface area (Å²) >= 11 is 10.3. The highest BCUT2D eigenvalue weighted by atomic mass is 79.9. The van der Waals surface area contributed by atoms with Crippen molar-refractivity contribution in [2.45, 2.75) is 32.0 Å². The quantitative estimate of drug-likeness (QED) is 0.133. The van der Waals surface area contributed by atoms with Gasteiger partial charge in [-0.15, -0.1) is 0 Å². The van der Waals surface area contributed by atoms with E-state index in [0.29, 0.717) is 41.1 Å². The highest BCUT2D eigenvalue weighted by Gasteiger charge is 2.40. The Kier molecular flexibility index (Phi) is 10.7. The van der Waals surface area contributed by atoms with Crippen molar-refractivity contribution in [1.29, 1.82) is 0 Å². The van der Waals surface area contributed by atoms with E-state index in [9.17, 15) is 14.4 Å². The van der Waals surface area contributed by atoms with Gasteiger partial charge in [0, 0.05) is 73.2 Å². The molecule has 0 spiro atoms. The number of hydrogen-bond donors (Lipinski definition) is 3. The van der Waals surface area contributed by atoms with Gasteiger partial charge in [-0.2, -0.15) is 4.98 Å². The van der Waals surface area contributed by atoms with Crippen LogP contribution in [0.1, 0.15) is 34.3 Å². The number of aromatic nitrogens is 2. The molecule has 52 heavy (non-hydrogen) atoms. The molecule has 3 aliphatic heterocycles. The number of imide groups is 1. The molecule has 0 saturated carbocycles. The molecule has 7 rings (SSSR count). The molecule has 3 aromatic carbocycles. The minimum Gasteiger partial charge on any atom is -0.494 e. The Hall–Kier alpha value is -4.29. The number of benzene rings is 3. The van der Waals surface area contributed by atoms with Gasteiger partial charge in [0.1, 0.15) is 16.8 Å². The molecule has 270 valence electrons. The van der Waals surface area contributed by atoms with Gasteiger partial charge in [0.15, 0.2) is 5.82 Å². The van der Waals surface area contributed by atoms with E-state index in [2.05, 4.69) is 77.1 Å². The molecule has 15 heteroatoms. The number of anilines is 5. The molecule has 1 unspecified atom stereocenters. The number of hydrogen-bond acceptors (Lipinski definition) is 10. The van der Waals surface area contributed by atoms with Crippen molar-refractivity contribution < 1.29 is 19.1 Å². The molecule has 3 amide bonds. The third-order valence-electron chi connectivity index (χ3n) is 9.68. The minimum atomic E-state index is -0.635. The summed E-state index contributed by atoms with van der Waals surface area (Å²) in [6, 6.07) is 17.5. The van der Waals surface area contributed by atoms with E-state index in [0.717, 1.165) is 65.4 Å². The third kappa shape index (κ3) is 7.45. The molecule has 1 aromatic heterocycles. The summed E-state index contributed by atoms with van der Waals surface area (Å²) < 4.78 is 6.69. The highest BCUT2D eigenvalue weighted by molar-refractivity contribution is 9.10. The number of ether oxygens (including phenoxy) is 1. The lowest BCUT2D eigenvalue weighted by atomic mass is 10.0. The van der Waals surface area contributed by atoms with Crippen molar-refractivity contribution in [3.05, 3.63) is 87.0 Å². The monoisotopic (exact) mass is 804 g/mol. The highest BCUT2D eigenvalue weighted by Crippen LogP contribution is 2.37. The van der Waals surface area contributed by atoms with E-state index in [4.69, 9.17) is 16.3 Å². The van der Waals surface area contributed by atoms with Crippen LogP contribution in [0, 0.1) is 0 Å². The molecule has 12 nitrogen and oxygen atoms in total. The van der Waals surface area contributed by atoms with Crippen LogP contribution in [-0.4, -0.2) is 90.1 Å². The third-order valence-corrected chi connectivity index (χ3v) is 12.3. The molecule has 3 N–H and O–H groups in total. The van der Waals surface area contributed by atoms with Gasteiger partial charge in [-0.25, -0.2) is 4.98 Å². The Bertz CT molecular complexity index is 2040. The van der Waals surface area contributed by atoms with Gasteiger partial charge in [-0.05, 0) is 60.4 Å². The first-order chi connectivity index (χ1) is 25.1. The fraction of sp³-hybridized carbons (Fsp3) is 0.324. The summed E-state index contributed by atoms with van der Waals surface area (Å²) in [5.41, 5.74) is 5.35. The van der Waals surface area contributed by atoms with Crippen LogP contribution >= 0.6 is 35.5 Å². The predicted octanol–water partition coefficient (Wildman–Crippen LogP) is 5.84. The number of methoxy groups -OCH3 is 1. The van der Waals surface area contributed by atoms with Crippen LogP contribution in [-0.2, 0) is 22.7 Å². The van der Waals surface area contributed by atoms with E-state index in [1.807, 2.05) is 42.5 Å². The topological polar surface area (TPSA) is 132 Å². The number of nitrogens with zero attached hydrogens (tertiary/aromatic N) is 5. The second kappa shape index (κ2) is 15.4. The SMILES string of the molecule is COc1cc(N2CCN(Cc3ccc4c(c3Br)CN(C3CCC(=O)NC3=O)C4=O)CC2)ccc1Nc1ncc(Cl)c(Nc2ccccc2P(C)C)n1. The first-order valence-corrected chi connectivity index (χ1v) is 20.4. The standard InChI is InChI=1S/C37H39BrClN8O4P/c1-51-30-18-23(9-11-27(30)42-37-40-19-26(39)34(44-37)41-28-6-4-5-7-31(28)52(2)3)46-16-14-45(15-17-46)20-22-8-10-24-25(33(22)38)21-47(36(24)50)29-12-13-32(48)43-35(29)49/h4-11,18-19,29H,12-17,20-21H2,1-3H3,(H,43,48,49)(H2,40,41,42,44). The Morgan fingerprint density at radius 3 is 2.56 bits per heavy atom. The van der Waals surface area contributed by atoms with Crippen LogP contribution in [0.25, 0.3) is 0 Å². The summed E-state index contributed by atoms with van der Waals surface area (Å²) in [6.45, 7) is 8.84. The van der Waals surface area contributed by atoms with Gasteiger partial charge < -0.3 is 25.2 Å². The Morgan fingerprint density at radius 2 is 1.81 bits per heavy atom. The number of amides is 3. The van der Waals surface area contributed by atoms with E-state index in [-0.39, 0.29) is 26.2 Å². The van der Waals surface area contributed by atoms with E-state index in [1.54, 1.807) is 18.2 Å². The van der Waals surface area contributed by atoms with Gasteiger partial charge in [0.05, 0.1) is 19.0 Å². The summed E-state index contributed by atoms with van der Waals surface area (Å²) in [4.78, 5) is 52.8. The van der Waals surface area contributed by atoms with Crippen molar-refractivity contribution in [2.24, 2.45) is 0 Å². The lowest BCUT2D eigenvalue weighted by Gasteiger charge is -2.36. The Labute approximate surface area is 317 Å². The lowest BCUT2D eigenvalue weighted by molar-refractivity contribution is -0.136. The average molecular weight is 806 g/mol. The van der Waals surface area contributed by atoms with Gasteiger partial charge in [0.25, 0.3) is 5.91 Å². The van der Waals surface area contributed by atoms with Gasteiger partial charge >= 0.3 is 0 Å². The van der Waals surface area contributed by atoms with Crippen molar-refractivity contribution >= 4 is 87.3 Å². The number of carbonyl (C=O) groups excluding carboxylic acids is 3. The minimum absolute atomic E-state index is 0.173. The summed E-state index contributed by atoms with van der Waals surface area (Å²) in [5.74, 6) is 0.712. The van der Waals surface area contributed by atoms with Crippen molar-refractivity contribution in [3.8, 4) is 5.75 Å². The van der Waals surface area contributed by atoms with Crippen molar-refractivity contribution in [1.82, 2.24) is 25.1 Å². The summed E-state index contributed by atoms with van der Waals surface area (Å²) in [5, 5.41) is 10.7. The maximum absolute atomic E-state index is 13.2. The number of rotatable bonds is 10. The number of halogens is 2. The van der Waals surface area contributed by atoms with Gasteiger partial charge in [0.2, 0.25) is 17.8 Å². The number of para-hydroxylation sites is 1. The molecule has 0 bridgehead atoms. The molecule has 0 radical (unpaired) electrons. The number of nitrogens with one attached hydrogen (secondary N) is 3. The fourth-order valence-electron chi connectivity index (χ4n) is 6.89. The first-order valence-electron chi connectivity index (χ1n) is 17.0. The number of piperazine rings is 1. The van der Waals surface area contributed by atoms with Crippen LogP contribution in [0.15, 0.2) is 65.3 Å². The zero-order valence-corrected chi connectivity index (χ0v) is 32.3. The molecule has 3 aliphatic rings. The van der Waals surface area contributed by atoms with Crippen LogP contribution in [0.3, 0.4) is 0 Å². The maximum atomic E-state index is 13.2. The zero-order valence-electron chi connectivity index (χ0n) is 29.1. The van der Waals surface area contributed by atoms with E-state index >= 15 is 0 Å². The van der Waals surface area contributed by atoms with E-state index < -0.39 is 11.9 Å². The smallest absolute Gasteiger partial charge is 0.255 e. The zero-order chi connectivity index (χ0) is 36.5. The normalized spacial score (nSPS) is 17.7. The largest absolute Gasteiger partial charge is 0.494 e. The van der Waals surface area contributed by atoms with Crippen LogP contribution in [0.4, 0.5) is 28.8 Å². The molecular weight excluding hydrogens is 767 g/mol. The first kappa shape index (κ1) is 36.1. The second-order valence-corrected chi connectivity index (χ2v) is 16.6. The lowest BCUT2D eigenvalue weighted by Crippen LogP contribution is -2.52. The Balaban J connectivity index is 0.978. The van der Waals surface area contributed by atoms with E-state index in [1.165, 1.54) is 5.30 Å². The van der Waals surface area contributed by atoms with Crippen LogP contribution in [0.2, 0.25) is 5.02 Å². The van der Waals surface area contributed by atoms with Crippen molar-refractivity contribution in [3.63, 3.8) is 0 Å². The number of piperidine rings is 1. The number of carbonyl (C=O) groups is 3. The predicted molar refractivity (Wildman–Crippen MR) is 209 cm³/mol. The molecule has 4 heterocycles. The molecule has 2 fully saturated rings. The van der Waals surface area contributed by atoms with Crippen LogP contribution in [0.5, 0.6) is 5.75 Å². The average Bonchev–Trinajstić information content (AvgIpc) is 3.47. The molecule has 0 aliphatic carbocycles.